The van der Waals surface area contributed by atoms with Gasteiger partial charge in [-0.15, -0.1) is 0 Å². The van der Waals surface area contributed by atoms with Crippen LogP contribution in [0.1, 0.15) is 19.3 Å². The van der Waals surface area contributed by atoms with Crippen molar-refractivity contribution in [3.8, 4) is 11.5 Å². The predicted molar refractivity (Wildman–Crippen MR) is 74.8 cm³/mol. The van der Waals surface area contributed by atoms with Gasteiger partial charge in [0, 0.05) is 10.8 Å². The van der Waals surface area contributed by atoms with Gasteiger partial charge in [-0.05, 0) is 31.4 Å². The second-order valence-corrected chi connectivity index (χ2v) is 5.18. The van der Waals surface area contributed by atoms with E-state index in [0.717, 1.165) is 41.5 Å². The first-order chi connectivity index (χ1) is 9.22. The first-order valence-corrected chi connectivity index (χ1v) is 6.63. The van der Waals surface area contributed by atoms with Crippen molar-refractivity contribution in [2.24, 2.45) is 0 Å². The standard InChI is InChI=1S/C16H18O3/c1-18-14-7-8-15(13-6-3-2-5-12(13)14)19-11-16(17)9-4-10-16/h2-3,5-8,17H,4,9-11H2,1H3. The van der Waals surface area contributed by atoms with Gasteiger partial charge in [0.15, 0.2) is 0 Å². The van der Waals surface area contributed by atoms with Gasteiger partial charge < -0.3 is 14.6 Å². The van der Waals surface area contributed by atoms with Crippen LogP contribution in [0, 0.1) is 0 Å². The lowest BCUT2D eigenvalue weighted by Gasteiger charge is -2.36. The van der Waals surface area contributed by atoms with Crippen molar-refractivity contribution in [3.63, 3.8) is 0 Å². The fourth-order valence-corrected chi connectivity index (χ4v) is 2.49. The average Bonchev–Trinajstić information content (AvgIpc) is 2.42. The Balaban J connectivity index is 1.91. The van der Waals surface area contributed by atoms with Gasteiger partial charge in [0.05, 0.1) is 12.7 Å². The zero-order chi connectivity index (χ0) is 13.3. The highest BCUT2D eigenvalue weighted by Crippen LogP contribution is 2.36. The fraction of sp³-hybridized carbons (Fsp3) is 0.375. The highest BCUT2D eigenvalue weighted by molar-refractivity contribution is 5.93. The molecule has 2 aromatic rings. The van der Waals surface area contributed by atoms with E-state index in [0.29, 0.717) is 6.61 Å². The van der Waals surface area contributed by atoms with E-state index in [1.165, 1.54) is 0 Å². The van der Waals surface area contributed by atoms with Gasteiger partial charge in [-0.25, -0.2) is 0 Å². The molecule has 1 fully saturated rings. The van der Waals surface area contributed by atoms with Crippen LogP contribution in [0.5, 0.6) is 11.5 Å². The van der Waals surface area contributed by atoms with Crippen LogP contribution in [0.15, 0.2) is 36.4 Å². The lowest BCUT2D eigenvalue weighted by molar-refractivity contribution is -0.0660. The van der Waals surface area contributed by atoms with E-state index in [4.69, 9.17) is 9.47 Å². The summed E-state index contributed by atoms with van der Waals surface area (Å²) < 4.78 is 11.2. The third-order valence-electron chi connectivity index (χ3n) is 3.84. The van der Waals surface area contributed by atoms with Gasteiger partial charge >= 0.3 is 0 Å². The van der Waals surface area contributed by atoms with E-state index in [1.54, 1.807) is 7.11 Å². The van der Waals surface area contributed by atoms with Crippen LogP contribution in [0.4, 0.5) is 0 Å². The maximum atomic E-state index is 10.1. The first kappa shape index (κ1) is 12.3. The Hall–Kier alpha value is -1.74. The molecular weight excluding hydrogens is 240 g/mol. The molecule has 3 heteroatoms. The van der Waals surface area contributed by atoms with Crippen molar-refractivity contribution in [2.45, 2.75) is 24.9 Å². The number of methoxy groups -OCH3 is 1. The van der Waals surface area contributed by atoms with Crippen molar-refractivity contribution in [1.82, 2.24) is 0 Å². The third kappa shape index (κ3) is 2.26. The predicted octanol–water partition coefficient (Wildman–Crippen LogP) is 3.14. The number of benzene rings is 2. The quantitative estimate of drug-likeness (QED) is 0.915. The van der Waals surface area contributed by atoms with Crippen LogP contribution < -0.4 is 9.47 Å². The van der Waals surface area contributed by atoms with E-state index in [2.05, 4.69) is 0 Å². The van der Waals surface area contributed by atoms with Crippen LogP contribution >= 0.6 is 0 Å². The summed E-state index contributed by atoms with van der Waals surface area (Å²) in [6.07, 6.45) is 2.76. The van der Waals surface area contributed by atoms with Gasteiger partial charge in [0.2, 0.25) is 0 Å². The molecule has 0 bridgehead atoms. The zero-order valence-electron chi connectivity index (χ0n) is 11.1. The molecule has 1 N–H and O–H groups in total. The summed E-state index contributed by atoms with van der Waals surface area (Å²) in [5.41, 5.74) is -0.624. The molecule has 1 saturated carbocycles. The van der Waals surface area contributed by atoms with Crippen LogP contribution in [0.3, 0.4) is 0 Å². The Labute approximate surface area is 112 Å². The van der Waals surface area contributed by atoms with E-state index in [9.17, 15) is 5.11 Å². The molecule has 2 aromatic carbocycles. The second-order valence-electron chi connectivity index (χ2n) is 5.18. The molecule has 0 atom stereocenters. The first-order valence-electron chi connectivity index (χ1n) is 6.63. The molecule has 0 unspecified atom stereocenters. The molecule has 1 aliphatic carbocycles. The van der Waals surface area contributed by atoms with Gasteiger partial charge in [0.25, 0.3) is 0 Å². The molecule has 3 nitrogen and oxygen atoms in total. The SMILES string of the molecule is COc1ccc(OCC2(O)CCC2)c2ccccc12. The van der Waals surface area contributed by atoms with Gasteiger partial charge in [-0.2, -0.15) is 0 Å². The fourth-order valence-electron chi connectivity index (χ4n) is 2.49. The summed E-state index contributed by atoms with van der Waals surface area (Å²) in [5.74, 6) is 1.64. The molecule has 0 heterocycles. The lowest BCUT2D eigenvalue weighted by atomic mass is 9.81. The minimum atomic E-state index is -0.624. The summed E-state index contributed by atoms with van der Waals surface area (Å²) in [5, 5.41) is 12.1. The molecule has 0 aliphatic heterocycles. The molecule has 0 aromatic heterocycles. The second kappa shape index (κ2) is 4.74. The van der Waals surface area contributed by atoms with E-state index in [-0.39, 0.29) is 0 Å². The average molecular weight is 258 g/mol. The number of hydrogen-bond acceptors (Lipinski definition) is 3. The highest BCUT2D eigenvalue weighted by atomic mass is 16.5. The van der Waals surface area contributed by atoms with Crippen molar-refractivity contribution in [1.29, 1.82) is 0 Å². The van der Waals surface area contributed by atoms with Crippen LogP contribution in [0.2, 0.25) is 0 Å². The number of ether oxygens (including phenoxy) is 2. The van der Waals surface area contributed by atoms with Gasteiger partial charge in [0.1, 0.15) is 18.1 Å². The lowest BCUT2D eigenvalue weighted by Crippen LogP contribution is -2.42. The highest BCUT2D eigenvalue weighted by Gasteiger charge is 2.35. The number of fused-ring (bicyclic) bond motifs is 1. The molecule has 100 valence electrons. The molecular formula is C16H18O3. The Bertz CT molecular complexity index is 588. The maximum Gasteiger partial charge on any atom is 0.127 e. The Morgan fingerprint density at radius 1 is 1.05 bits per heavy atom. The minimum absolute atomic E-state index is 0.364. The molecule has 3 rings (SSSR count). The van der Waals surface area contributed by atoms with Crippen LogP contribution in [-0.2, 0) is 0 Å². The summed E-state index contributed by atoms with van der Waals surface area (Å²) in [6.45, 7) is 0.364. The number of rotatable bonds is 4. The monoisotopic (exact) mass is 258 g/mol. The van der Waals surface area contributed by atoms with Crippen LogP contribution in [0.25, 0.3) is 10.8 Å². The van der Waals surface area contributed by atoms with E-state index >= 15 is 0 Å². The van der Waals surface area contributed by atoms with E-state index in [1.807, 2.05) is 36.4 Å². The summed E-state index contributed by atoms with van der Waals surface area (Å²) in [4.78, 5) is 0. The summed E-state index contributed by atoms with van der Waals surface area (Å²) >= 11 is 0. The largest absolute Gasteiger partial charge is 0.496 e. The van der Waals surface area contributed by atoms with E-state index < -0.39 is 5.60 Å². The molecule has 0 amide bonds. The smallest absolute Gasteiger partial charge is 0.127 e. The Morgan fingerprint density at radius 2 is 1.68 bits per heavy atom. The van der Waals surface area contributed by atoms with Gasteiger partial charge in [-0.1, -0.05) is 24.3 Å². The van der Waals surface area contributed by atoms with Crippen LogP contribution in [-0.4, -0.2) is 24.4 Å². The Kier molecular flexibility index (Phi) is 3.07. The molecule has 1 aliphatic rings. The molecule has 0 saturated heterocycles. The van der Waals surface area contributed by atoms with Crippen molar-refractivity contribution >= 4 is 10.8 Å². The zero-order valence-corrected chi connectivity index (χ0v) is 11.1. The molecule has 0 spiro atoms. The molecule has 0 radical (unpaired) electrons. The van der Waals surface area contributed by atoms with Crippen molar-refractivity contribution in [3.05, 3.63) is 36.4 Å². The maximum absolute atomic E-state index is 10.1. The van der Waals surface area contributed by atoms with Crippen molar-refractivity contribution < 1.29 is 14.6 Å². The summed E-state index contributed by atoms with van der Waals surface area (Å²) in [7, 11) is 1.67. The number of aliphatic hydroxyl groups is 1. The summed E-state index contributed by atoms with van der Waals surface area (Å²) in [6, 6.07) is 11.8. The Morgan fingerprint density at radius 3 is 2.26 bits per heavy atom. The van der Waals surface area contributed by atoms with Crippen molar-refractivity contribution in [2.75, 3.05) is 13.7 Å². The third-order valence-corrected chi connectivity index (χ3v) is 3.84. The topological polar surface area (TPSA) is 38.7 Å². The molecule has 19 heavy (non-hydrogen) atoms. The number of hydrogen-bond donors (Lipinski definition) is 1. The minimum Gasteiger partial charge on any atom is -0.496 e. The van der Waals surface area contributed by atoms with Gasteiger partial charge in [-0.3, -0.25) is 0 Å². The normalized spacial score (nSPS) is 16.9.